The van der Waals surface area contributed by atoms with Crippen LogP contribution in [0.3, 0.4) is 0 Å². The molecule has 0 bridgehead atoms. The summed E-state index contributed by atoms with van der Waals surface area (Å²) in [5.41, 5.74) is 6.46. The third kappa shape index (κ3) is 3.44. The Balaban J connectivity index is 2.78. The maximum atomic E-state index is 13.5. The average Bonchev–Trinajstić information content (AvgIpc) is 2.28. The first-order chi connectivity index (χ1) is 7.56. The second-order valence-electron chi connectivity index (χ2n) is 3.95. The van der Waals surface area contributed by atoms with Gasteiger partial charge >= 0.3 is 0 Å². The van der Waals surface area contributed by atoms with Crippen molar-refractivity contribution < 1.29 is 9.13 Å². The molecule has 2 unspecified atom stereocenters. The van der Waals surface area contributed by atoms with Gasteiger partial charge in [-0.3, -0.25) is 0 Å². The van der Waals surface area contributed by atoms with E-state index in [0.29, 0.717) is 17.2 Å². The largest absolute Gasteiger partial charge is 0.385 e. The van der Waals surface area contributed by atoms with Gasteiger partial charge in [-0.05, 0) is 30.5 Å². The molecule has 0 saturated heterocycles. The Morgan fingerprint density at radius 2 is 2.19 bits per heavy atom. The highest BCUT2D eigenvalue weighted by atomic mass is 35.5. The topological polar surface area (TPSA) is 35.2 Å². The van der Waals surface area contributed by atoms with E-state index in [4.69, 9.17) is 22.1 Å². The molecule has 1 rings (SSSR count). The van der Waals surface area contributed by atoms with Crippen LogP contribution in [0.4, 0.5) is 4.39 Å². The van der Waals surface area contributed by atoms with E-state index < -0.39 is 0 Å². The normalized spacial score (nSPS) is 14.8. The number of rotatable bonds is 5. The highest BCUT2D eigenvalue weighted by Crippen LogP contribution is 2.26. The molecule has 2 N–H and O–H groups in total. The van der Waals surface area contributed by atoms with Crippen molar-refractivity contribution in [2.75, 3.05) is 13.7 Å². The van der Waals surface area contributed by atoms with Crippen LogP contribution in [0.2, 0.25) is 5.02 Å². The molecule has 1 aromatic carbocycles. The van der Waals surface area contributed by atoms with Gasteiger partial charge in [-0.2, -0.15) is 0 Å². The highest BCUT2D eigenvalue weighted by Gasteiger charge is 2.18. The van der Waals surface area contributed by atoms with Gasteiger partial charge in [0.25, 0.3) is 0 Å². The first kappa shape index (κ1) is 13.4. The number of ether oxygens (including phenoxy) is 1. The third-order valence-electron chi connectivity index (χ3n) is 2.71. The summed E-state index contributed by atoms with van der Waals surface area (Å²) in [6.07, 6.45) is 0.795. The zero-order valence-electron chi connectivity index (χ0n) is 9.54. The second-order valence-corrected chi connectivity index (χ2v) is 4.39. The van der Waals surface area contributed by atoms with Gasteiger partial charge in [0, 0.05) is 30.3 Å². The molecule has 0 aliphatic heterocycles. The minimum atomic E-state index is -0.353. The summed E-state index contributed by atoms with van der Waals surface area (Å²) >= 11 is 5.82. The lowest BCUT2D eigenvalue weighted by atomic mass is 9.92. The SMILES string of the molecule is COCCC(C)C(N)c1cc(Cl)ccc1F. The van der Waals surface area contributed by atoms with Gasteiger partial charge in [0.1, 0.15) is 5.82 Å². The molecule has 0 aliphatic carbocycles. The maximum Gasteiger partial charge on any atom is 0.128 e. The van der Waals surface area contributed by atoms with Crippen LogP contribution in [0.15, 0.2) is 18.2 Å². The molecular weight excluding hydrogens is 229 g/mol. The second kappa shape index (κ2) is 6.18. The predicted molar refractivity (Wildman–Crippen MR) is 64.0 cm³/mol. The first-order valence-electron chi connectivity index (χ1n) is 5.25. The molecule has 0 amide bonds. The van der Waals surface area contributed by atoms with Gasteiger partial charge in [0.05, 0.1) is 0 Å². The monoisotopic (exact) mass is 245 g/mol. The van der Waals surface area contributed by atoms with Crippen molar-refractivity contribution in [1.82, 2.24) is 0 Å². The molecule has 0 heterocycles. The zero-order valence-corrected chi connectivity index (χ0v) is 10.3. The van der Waals surface area contributed by atoms with Crippen LogP contribution in [-0.4, -0.2) is 13.7 Å². The molecule has 2 nitrogen and oxygen atoms in total. The van der Waals surface area contributed by atoms with Crippen LogP contribution in [0.25, 0.3) is 0 Å². The summed E-state index contributed by atoms with van der Waals surface area (Å²) in [6, 6.07) is 4.10. The lowest BCUT2D eigenvalue weighted by molar-refractivity contribution is 0.174. The van der Waals surface area contributed by atoms with Crippen LogP contribution in [0.1, 0.15) is 24.9 Å². The smallest absolute Gasteiger partial charge is 0.128 e. The van der Waals surface area contributed by atoms with Crippen molar-refractivity contribution in [2.45, 2.75) is 19.4 Å². The van der Waals surface area contributed by atoms with E-state index in [1.165, 1.54) is 12.1 Å². The summed E-state index contributed by atoms with van der Waals surface area (Å²) in [4.78, 5) is 0. The van der Waals surface area contributed by atoms with E-state index in [1.807, 2.05) is 6.92 Å². The van der Waals surface area contributed by atoms with Crippen molar-refractivity contribution in [3.63, 3.8) is 0 Å². The maximum absolute atomic E-state index is 13.5. The number of halogens is 2. The van der Waals surface area contributed by atoms with Gasteiger partial charge in [0.15, 0.2) is 0 Å². The van der Waals surface area contributed by atoms with Gasteiger partial charge in [0.2, 0.25) is 0 Å². The molecule has 90 valence electrons. The van der Waals surface area contributed by atoms with Gasteiger partial charge < -0.3 is 10.5 Å². The van der Waals surface area contributed by atoms with Gasteiger partial charge in [-0.15, -0.1) is 0 Å². The van der Waals surface area contributed by atoms with E-state index in [-0.39, 0.29) is 17.8 Å². The fourth-order valence-corrected chi connectivity index (χ4v) is 1.74. The molecule has 0 radical (unpaired) electrons. The van der Waals surface area contributed by atoms with Crippen molar-refractivity contribution in [3.8, 4) is 0 Å². The molecule has 16 heavy (non-hydrogen) atoms. The Morgan fingerprint density at radius 3 is 2.81 bits per heavy atom. The van der Waals surface area contributed by atoms with Crippen molar-refractivity contribution in [2.24, 2.45) is 11.7 Å². The average molecular weight is 246 g/mol. The molecule has 0 aromatic heterocycles. The fourth-order valence-electron chi connectivity index (χ4n) is 1.56. The van der Waals surface area contributed by atoms with Gasteiger partial charge in [-0.25, -0.2) is 4.39 Å². The number of methoxy groups -OCH3 is 1. The molecule has 0 spiro atoms. The minimum absolute atomic E-state index is 0.146. The van der Waals surface area contributed by atoms with Crippen molar-refractivity contribution in [1.29, 1.82) is 0 Å². The molecule has 1 aromatic rings. The van der Waals surface area contributed by atoms with Crippen LogP contribution in [0.5, 0.6) is 0 Å². The summed E-state index contributed by atoms with van der Waals surface area (Å²) < 4.78 is 18.5. The van der Waals surface area contributed by atoms with Gasteiger partial charge in [-0.1, -0.05) is 18.5 Å². The van der Waals surface area contributed by atoms with E-state index in [2.05, 4.69) is 0 Å². The Morgan fingerprint density at radius 1 is 1.50 bits per heavy atom. The van der Waals surface area contributed by atoms with Crippen molar-refractivity contribution in [3.05, 3.63) is 34.6 Å². The number of nitrogens with two attached hydrogens (primary N) is 1. The molecule has 0 saturated carbocycles. The summed E-state index contributed by atoms with van der Waals surface area (Å²) in [5, 5.41) is 0.505. The Bertz CT molecular complexity index is 346. The van der Waals surface area contributed by atoms with E-state index in [9.17, 15) is 4.39 Å². The lowest BCUT2D eigenvalue weighted by Gasteiger charge is -2.20. The number of hydrogen-bond donors (Lipinski definition) is 1. The Hall–Kier alpha value is -0.640. The molecule has 4 heteroatoms. The number of hydrogen-bond acceptors (Lipinski definition) is 2. The molecule has 0 aliphatic rings. The minimum Gasteiger partial charge on any atom is -0.385 e. The Kier molecular flexibility index (Phi) is 5.19. The fraction of sp³-hybridized carbons (Fsp3) is 0.500. The van der Waals surface area contributed by atoms with Crippen LogP contribution >= 0.6 is 11.6 Å². The lowest BCUT2D eigenvalue weighted by Crippen LogP contribution is -2.21. The zero-order chi connectivity index (χ0) is 12.1. The predicted octanol–water partition coefficient (Wildman–Crippen LogP) is 3.15. The van der Waals surface area contributed by atoms with Crippen LogP contribution in [-0.2, 0) is 4.74 Å². The summed E-state index contributed by atoms with van der Waals surface area (Å²) in [7, 11) is 1.64. The Labute approximate surface area is 101 Å². The third-order valence-corrected chi connectivity index (χ3v) is 2.94. The molecule has 2 atom stereocenters. The summed E-state index contributed by atoms with van der Waals surface area (Å²) in [6.45, 7) is 2.60. The number of benzene rings is 1. The first-order valence-corrected chi connectivity index (χ1v) is 5.63. The molecule has 0 fully saturated rings. The van der Waals surface area contributed by atoms with Crippen LogP contribution < -0.4 is 5.73 Å². The highest BCUT2D eigenvalue weighted by molar-refractivity contribution is 6.30. The van der Waals surface area contributed by atoms with E-state index >= 15 is 0 Å². The van der Waals surface area contributed by atoms with E-state index in [1.54, 1.807) is 13.2 Å². The van der Waals surface area contributed by atoms with Crippen LogP contribution in [0, 0.1) is 11.7 Å². The standard InChI is InChI=1S/C12H17ClFNO/c1-8(5-6-16-2)12(15)10-7-9(13)3-4-11(10)14/h3-4,7-8,12H,5-6,15H2,1-2H3. The van der Waals surface area contributed by atoms with E-state index in [0.717, 1.165) is 6.42 Å². The summed E-state index contributed by atoms with van der Waals surface area (Å²) in [5.74, 6) is -0.158. The molecular formula is C12H17ClFNO. The quantitative estimate of drug-likeness (QED) is 0.865. The van der Waals surface area contributed by atoms with Crippen molar-refractivity contribution >= 4 is 11.6 Å².